The zero-order chi connectivity index (χ0) is 22.1. The molecule has 164 valence electrons. The van der Waals surface area contributed by atoms with Crippen molar-refractivity contribution in [3.8, 4) is 5.75 Å². The van der Waals surface area contributed by atoms with Crippen molar-refractivity contribution >= 4 is 34.8 Å². The number of hydrogen-bond acceptors (Lipinski definition) is 5. The smallest absolute Gasteiger partial charge is 0.261 e. The number of methoxy groups -OCH3 is 1. The average Bonchev–Trinajstić information content (AvgIpc) is 2.80. The standard InChI is InChI=1S/C23H27N3O4S/c1-29-15-16-30-20-12-6-4-10-18(20)21(27)25-23(31)24-19-11-5-3-9-17(19)22(28)26-13-7-2-8-14-26/h3-6,9-12H,2,7-8,13-16H2,1H3,(H2,24,25,27,31). The zero-order valence-electron chi connectivity index (χ0n) is 17.6. The van der Waals surface area contributed by atoms with E-state index in [1.165, 1.54) is 0 Å². The summed E-state index contributed by atoms with van der Waals surface area (Å²) >= 11 is 5.34. The van der Waals surface area contributed by atoms with Gasteiger partial charge in [-0.3, -0.25) is 14.9 Å². The Balaban J connectivity index is 1.66. The number of rotatable bonds is 7. The summed E-state index contributed by atoms with van der Waals surface area (Å²) in [7, 11) is 1.58. The third-order valence-electron chi connectivity index (χ3n) is 4.95. The van der Waals surface area contributed by atoms with Crippen LogP contribution in [-0.4, -0.2) is 55.2 Å². The maximum absolute atomic E-state index is 12.9. The molecule has 31 heavy (non-hydrogen) atoms. The molecule has 0 aliphatic carbocycles. The third-order valence-corrected chi connectivity index (χ3v) is 5.16. The number of nitrogens with zero attached hydrogens (tertiary/aromatic N) is 1. The van der Waals surface area contributed by atoms with Crippen molar-refractivity contribution in [2.45, 2.75) is 19.3 Å². The second-order valence-electron chi connectivity index (χ2n) is 7.14. The van der Waals surface area contributed by atoms with Gasteiger partial charge < -0.3 is 19.7 Å². The van der Waals surface area contributed by atoms with Gasteiger partial charge >= 0.3 is 0 Å². The number of para-hydroxylation sites is 2. The highest BCUT2D eigenvalue weighted by molar-refractivity contribution is 7.80. The Bertz CT molecular complexity index is 929. The molecule has 2 N–H and O–H groups in total. The summed E-state index contributed by atoms with van der Waals surface area (Å²) in [6.45, 7) is 2.26. The van der Waals surface area contributed by atoms with Gasteiger partial charge in [-0.05, 0) is 55.7 Å². The van der Waals surface area contributed by atoms with E-state index in [1.54, 1.807) is 43.5 Å². The van der Waals surface area contributed by atoms with Crippen molar-refractivity contribution in [2.75, 3.05) is 38.7 Å². The number of thiocarbonyl (C=S) groups is 1. The van der Waals surface area contributed by atoms with Crippen molar-refractivity contribution in [2.24, 2.45) is 0 Å². The molecule has 7 nitrogen and oxygen atoms in total. The summed E-state index contributed by atoms with van der Waals surface area (Å²) in [6.07, 6.45) is 3.18. The molecule has 1 saturated heterocycles. The van der Waals surface area contributed by atoms with Gasteiger partial charge in [-0.15, -0.1) is 0 Å². The molecule has 0 bridgehead atoms. The van der Waals surface area contributed by atoms with Gasteiger partial charge in [-0.2, -0.15) is 0 Å². The Morgan fingerprint density at radius 3 is 2.39 bits per heavy atom. The van der Waals surface area contributed by atoms with E-state index < -0.39 is 5.91 Å². The second kappa shape index (κ2) is 11.4. The first-order valence-electron chi connectivity index (χ1n) is 10.3. The van der Waals surface area contributed by atoms with Crippen LogP contribution in [0.2, 0.25) is 0 Å². The first-order valence-corrected chi connectivity index (χ1v) is 10.7. The van der Waals surface area contributed by atoms with Gasteiger partial charge in [-0.1, -0.05) is 24.3 Å². The lowest BCUT2D eigenvalue weighted by atomic mass is 10.1. The molecule has 1 fully saturated rings. The van der Waals surface area contributed by atoms with Crippen LogP contribution in [0.3, 0.4) is 0 Å². The molecule has 2 amide bonds. The zero-order valence-corrected chi connectivity index (χ0v) is 18.4. The van der Waals surface area contributed by atoms with Crippen LogP contribution in [0, 0.1) is 0 Å². The Morgan fingerprint density at radius 1 is 0.968 bits per heavy atom. The molecule has 0 saturated carbocycles. The maximum Gasteiger partial charge on any atom is 0.261 e. The van der Waals surface area contributed by atoms with E-state index in [9.17, 15) is 9.59 Å². The molecular weight excluding hydrogens is 414 g/mol. The largest absolute Gasteiger partial charge is 0.490 e. The maximum atomic E-state index is 12.9. The van der Waals surface area contributed by atoms with Gasteiger partial charge in [-0.25, -0.2) is 0 Å². The number of likely N-dealkylation sites (tertiary alicyclic amines) is 1. The summed E-state index contributed by atoms with van der Waals surface area (Å²) in [5.74, 6) is 0.0136. The van der Waals surface area contributed by atoms with E-state index in [1.807, 2.05) is 17.0 Å². The van der Waals surface area contributed by atoms with Crippen LogP contribution in [0.15, 0.2) is 48.5 Å². The lowest BCUT2D eigenvalue weighted by Gasteiger charge is -2.27. The molecule has 0 atom stereocenters. The summed E-state index contributed by atoms with van der Waals surface area (Å²) in [6, 6.07) is 14.1. The molecule has 2 aromatic carbocycles. The number of carbonyl (C=O) groups excluding carboxylic acids is 2. The fraction of sp³-hybridized carbons (Fsp3) is 0.348. The molecule has 1 aliphatic rings. The van der Waals surface area contributed by atoms with Crippen LogP contribution >= 0.6 is 12.2 Å². The quantitative estimate of drug-likeness (QED) is 0.506. The highest BCUT2D eigenvalue weighted by Crippen LogP contribution is 2.21. The van der Waals surface area contributed by atoms with Gasteiger partial charge in [0.1, 0.15) is 12.4 Å². The molecule has 0 unspecified atom stereocenters. The fourth-order valence-electron chi connectivity index (χ4n) is 3.39. The van der Waals surface area contributed by atoms with Crippen molar-refractivity contribution in [1.29, 1.82) is 0 Å². The van der Waals surface area contributed by atoms with Gasteiger partial charge in [0, 0.05) is 20.2 Å². The lowest BCUT2D eigenvalue weighted by molar-refractivity contribution is 0.0725. The Hall–Kier alpha value is -2.97. The minimum atomic E-state index is -0.398. The highest BCUT2D eigenvalue weighted by Gasteiger charge is 2.21. The topological polar surface area (TPSA) is 79.9 Å². The van der Waals surface area contributed by atoms with Gasteiger partial charge in [0.15, 0.2) is 5.11 Å². The molecule has 0 aromatic heterocycles. The van der Waals surface area contributed by atoms with Crippen LogP contribution in [-0.2, 0) is 4.74 Å². The minimum Gasteiger partial charge on any atom is -0.490 e. The van der Waals surface area contributed by atoms with Crippen LogP contribution in [0.25, 0.3) is 0 Å². The summed E-state index contributed by atoms with van der Waals surface area (Å²) in [4.78, 5) is 27.5. The molecular formula is C23H27N3O4S. The molecule has 8 heteroatoms. The number of anilines is 1. The summed E-state index contributed by atoms with van der Waals surface area (Å²) < 4.78 is 10.6. The van der Waals surface area contributed by atoms with Crippen molar-refractivity contribution in [1.82, 2.24) is 10.2 Å². The van der Waals surface area contributed by atoms with Crippen LogP contribution in [0.4, 0.5) is 5.69 Å². The number of carbonyl (C=O) groups is 2. The fourth-order valence-corrected chi connectivity index (χ4v) is 3.59. The number of hydrogen-bond donors (Lipinski definition) is 2. The van der Waals surface area contributed by atoms with Crippen LogP contribution in [0.1, 0.15) is 40.0 Å². The number of benzene rings is 2. The van der Waals surface area contributed by atoms with E-state index in [2.05, 4.69) is 10.6 Å². The van der Waals surface area contributed by atoms with Gasteiger partial charge in [0.2, 0.25) is 0 Å². The number of nitrogens with one attached hydrogen (secondary N) is 2. The first-order chi connectivity index (χ1) is 15.1. The molecule has 1 aliphatic heterocycles. The predicted molar refractivity (Wildman–Crippen MR) is 124 cm³/mol. The normalized spacial score (nSPS) is 13.4. The van der Waals surface area contributed by atoms with E-state index in [4.69, 9.17) is 21.7 Å². The Morgan fingerprint density at radius 2 is 1.65 bits per heavy atom. The molecule has 1 heterocycles. The molecule has 2 aromatic rings. The average molecular weight is 442 g/mol. The van der Waals surface area contributed by atoms with E-state index >= 15 is 0 Å². The minimum absolute atomic E-state index is 0.0335. The van der Waals surface area contributed by atoms with Crippen molar-refractivity contribution in [3.63, 3.8) is 0 Å². The number of ether oxygens (including phenoxy) is 2. The molecule has 0 radical (unpaired) electrons. The van der Waals surface area contributed by atoms with Crippen LogP contribution < -0.4 is 15.4 Å². The van der Waals surface area contributed by atoms with E-state index in [0.717, 1.165) is 32.4 Å². The number of piperidine rings is 1. The predicted octanol–water partition coefficient (Wildman–Crippen LogP) is 3.46. The second-order valence-corrected chi connectivity index (χ2v) is 7.55. The first kappa shape index (κ1) is 22.7. The SMILES string of the molecule is COCCOc1ccccc1C(=O)NC(=S)Nc1ccccc1C(=O)N1CCCCC1. The summed E-state index contributed by atoms with van der Waals surface area (Å²) in [5.41, 5.74) is 1.46. The van der Waals surface area contributed by atoms with E-state index in [0.29, 0.717) is 35.8 Å². The van der Waals surface area contributed by atoms with Crippen LogP contribution in [0.5, 0.6) is 5.75 Å². The summed E-state index contributed by atoms with van der Waals surface area (Å²) in [5, 5.41) is 5.77. The molecule has 3 rings (SSSR count). The Labute approximate surface area is 187 Å². The monoisotopic (exact) mass is 441 g/mol. The van der Waals surface area contributed by atoms with Crippen molar-refractivity contribution in [3.05, 3.63) is 59.7 Å². The highest BCUT2D eigenvalue weighted by atomic mass is 32.1. The third kappa shape index (κ3) is 6.26. The number of amides is 2. The van der Waals surface area contributed by atoms with Gasteiger partial charge in [0.25, 0.3) is 11.8 Å². The van der Waals surface area contributed by atoms with Gasteiger partial charge in [0.05, 0.1) is 23.4 Å². The van der Waals surface area contributed by atoms with E-state index in [-0.39, 0.29) is 11.0 Å². The van der Waals surface area contributed by atoms with Crippen molar-refractivity contribution < 1.29 is 19.1 Å². The lowest BCUT2D eigenvalue weighted by Crippen LogP contribution is -2.37. The molecule has 0 spiro atoms. The Kier molecular flexibility index (Phi) is 8.37.